The lowest BCUT2D eigenvalue weighted by Crippen LogP contribution is -2.20. The van der Waals surface area contributed by atoms with Gasteiger partial charge in [-0.05, 0) is 74.1 Å². The Balaban J connectivity index is 1.35. The summed E-state index contributed by atoms with van der Waals surface area (Å²) in [6, 6.07) is 12.7. The number of carbonyl (C=O) groups is 1. The summed E-state index contributed by atoms with van der Waals surface area (Å²) in [5, 5.41) is 15.6. The van der Waals surface area contributed by atoms with Crippen molar-refractivity contribution < 1.29 is 9.18 Å². The molecule has 6 aromatic rings. The van der Waals surface area contributed by atoms with Crippen LogP contribution in [0.4, 0.5) is 15.8 Å². The number of H-pyrrole nitrogens is 2. The zero-order chi connectivity index (χ0) is 29.9. The topological polar surface area (TPSA) is 128 Å². The first-order valence-corrected chi connectivity index (χ1v) is 14.1. The summed E-state index contributed by atoms with van der Waals surface area (Å²) in [7, 11) is 4.00. The molecule has 43 heavy (non-hydrogen) atoms. The molecule has 0 saturated heterocycles. The van der Waals surface area contributed by atoms with Crippen LogP contribution in [0.2, 0.25) is 0 Å². The number of amides is 1. The molecule has 5 heterocycles. The SMILES string of the molecule is CCCC(=O)Nc1cncc(-c2cc3c(-c4cc5c(-c6cc(F)cc(NCCN(C)C)c6)ccnc5[nH]4)n[nH]c3cn2)c1. The summed E-state index contributed by atoms with van der Waals surface area (Å²) in [6.07, 6.45) is 7.99. The molecule has 0 aliphatic carbocycles. The maximum atomic E-state index is 14.7. The Morgan fingerprint density at radius 3 is 2.67 bits per heavy atom. The summed E-state index contributed by atoms with van der Waals surface area (Å²) in [6.45, 7) is 3.50. The van der Waals surface area contributed by atoms with Crippen LogP contribution in [-0.4, -0.2) is 68.1 Å². The number of anilines is 2. The first kappa shape index (κ1) is 28.0. The zero-order valence-electron chi connectivity index (χ0n) is 24.2. The highest BCUT2D eigenvalue weighted by atomic mass is 19.1. The van der Waals surface area contributed by atoms with Crippen molar-refractivity contribution in [1.82, 2.24) is 35.0 Å². The highest BCUT2D eigenvalue weighted by molar-refractivity contribution is 6.00. The third kappa shape index (κ3) is 6.07. The van der Waals surface area contributed by atoms with Crippen molar-refractivity contribution in [3.63, 3.8) is 0 Å². The van der Waals surface area contributed by atoms with E-state index in [0.717, 1.165) is 57.3 Å². The van der Waals surface area contributed by atoms with Crippen LogP contribution in [-0.2, 0) is 4.79 Å². The minimum atomic E-state index is -0.313. The summed E-state index contributed by atoms with van der Waals surface area (Å²) < 4.78 is 14.7. The molecule has 0 bridgehead atoms. The lowest BCUT2D eigenvalue weighted by molar-refractivity contribution is -0.116. The van der Waals surface area contributed by atoms with Crippen molar-refractivity contribution in [2.45, 2.75) is 19.8 Å². The van der Waals surface area contributed by atoms with Crippen LogP contribution in [0.15, 0.2) is 67.3 Å². The van der Waals surface area contributed by atoms with Crippen LogP contribution in [0, 0.1) is 5.82 Å². The lowest BCUT2D eigenvalue weighted by Gasteiger charge is -2.13. The number of halogens is 1. The molecule has 0 atom stereocenters. The Kier molecular flexibility index (Phi) is 7.80. The number of carbonyl (C=O) groups excluding carboxylic acids is 1. The quantitative estimate of drug-likeness (QED) is 0.155. The van der Waals surface area contributed by atoms with Crippen LogP contribution < -0.4 is 10.6 Å². The lowest BCUT2D eigenvalue weighted by atomic mass is 10.0. The fraction of sp³-hybridized carbons (Fsp3) is 0.219. The molecule has 1 amide bonds. The molecule has 0 unspecified atom stereocenters. The van der Waals surface area contributed by atoms with E-state index in [2.05, 4.69) is 45.7 Å². The van der Waals surface area contributed by atoms with Gasteiger partial charge in [-0.1, -0.05) is 6.92 Å². The number of likely N-dealkylation sites (N-methyl/N-ethyl adjacent to an activating group) is 1. The Morgan fingerprint density at radius 1 is 0.977 bits per heavy atom. The van der Waals surface area contributed by atoms with E-state index in [4.69, 9.17) is 0 Å². The Hall–Kier alpha value is -5.16. The predicted molar refractivity (Wildman–Crippen MR) is 168 cm³/mol. The van der Waals surface area contributed by atoms with E-state index in [1.165, 1.54) is 12.1 Å². The fourth-order valence-electron chi connectivity index (χ4n) is 5.06. The molecule has 11 heteroatoms. The normalized spacial score (nSPS) is 11.5. The van der Waals surface area contributed by atoms with Crippen LogP contribution in [0.3, 0.4) is 0 Å². The number of benzene rings is 1. The van der Waals surface area contributed by atoms with Gasteiger partial charge in [0.15, 0.2) is 0 Å². The second kappa shape index (κ2) is 12.0. The Labute approximate surface area is 247 Å². The van der Waals surface area contributed by atoms with E-state index in [1.807, 2.05) is 51.4 Å². The van der Waals surface area contributed by atoms with Crippen LogP contribution in [0.25, 0.3) is 55.7 Å². The second-order valence-electron chi connectivity index (χ2n) is 10.7. The van der Waals surface area contributed by atoms with Gasteiger partial charge in [-0.25, -0.2) is 9.37 Å². The number of rotatable bonds is 10. The minimum absolute atomic E-state index is 0.0520. The molecule has 0 saturated carbocycles. The molecule has 0 aliphatic heterocycles. The van der Waals surface area contributed by atoms with Crippen LogP contribution >= 0.6 is 0 Å². The van der Waals surface area contributed by atoms with Gasteiger partial charge in [-0.15, -0.1) is 0 Å². The Morgan fingerprint density at radius 2 is 1.84 bits per heavy atom. The largest absolute Gasteiger partial charge is 0.384 e. The van der Waals surface area contributed by atoms with E-state index in [0.29, 0.717) is 35.7 Å². The molecule has 1 aromatic carbocycles. The number of nitrogens with one attached hydrogen (secondary N) is 4. The van der Waals surface area contributed by atoms with Crippen molar-refractivity contribution in [2.24, 2.45) is 0 Å². The summed E-state index contributed by atoms with van der Waals surface area (Å²) in [5.74, 6) is -0.365. The van der Waals surface area contributed by atoms with Gasteiger partial charge < -0.3 is 20.5 Å². The highest BCUT2D eigenvalue weighted by Gasteiger charge is 2.16. The number of nitrogens with zero attached hydrogens (tertiary/aromatic N) is 5. The smallest absolute Gasteiger partial charge is 0.224 e. The molecule has 0 radical (unpaired) electrons. The number of aromatic nitrogens is 6. The van der Waals surface area contributed by atoms with Crippen molar-refractivity contribution in [2.75, 3.05) is 37.8 Å². The molecule has 0 aliphatic rings. The highest BCUT2D eigenvalue weighted by Crippen LogP contribution is 2.35. The van der Waals surface area contributed by atoms with Crippen molar-refractivity contribution in [3.05, 3.63) is 73.1 Å². The average molecular weight is 578 g/mol. The van der Waals surface area contributed by atoms with Gasteiger partial charge in [0.25, 0.3) is 0 Å². The predicted octanol–water partition coefficient (Wildman–Crippen LogP) is 6.08. The monoisotopic (exact) mass is 577 g/mol. The van der Waals surface area contributed by atoms with Gasteiger partial charge in [0, 0.05) is 53.9 Å². The van der Waals surface area contributed by atoms with Crippen LogP contribution in [0.5, 0.6) is 0 Å². The first-order valence-electron chi connectivity index (χ1n) is 14.1. The molecular weight excluding hydrogens is 545 g/mol. The first-order chi connectivity index (χ1) is 20.9. The maximum absolute atomic E-state index is 14.7. The molecule has 218 valence electrons. The molecule has 5 aromatic heterocycles. The van der Waals surface area contributed by atoms with E-state index in [1.54, 1.807) is 24.8 Å². The fourth-order valence-corrected chi connectivity index (χ4v) is 5.06. The third-order valence-electron chi connectivity index (χ3n) is 7.13. The average Bonchev–Trinajstić information content (AvgIpc) is 3.60. The van der Waals surface area contributed by atoms with Crippen LogP contribution in [0.1, 0.15) is 19.8 Å². The third-order valence-corrected chi connectivity index (χ3v) is 7.13. The molecule has 0 spiro atoms. The van der Waals surface area contributed by atoms with E-state index in [9.17, 15) is 9.18 Å². The number of pyridine rings is 3. The van der Waals surface area contributed by atoms with E-state index < -0.39 is 0 Å². The number of fused-ring (bicyclic) bond motifs is 2. The number of hydrogen-bond acceptors (Lipinski definition) is 7. The summed E-state index contributed by atoms with van der Waals surface area (Å²) in [5.41, 5.74) is 7.31. The number of aromatic amines is 2. The summed E-state index contributed by atoms with van der Waals surface area (Å²) >= 11 is 0. The van der Waals surface area contributed by atoms with Gasteiger partial charge in [0.05, 0.1) is 35.0 Å². The van der Waals surface area contributed by atoms with Crippen molar-refractivity contribution in [1.29, 1.82) is 0 Å². The van der Waals surface area contributed by atoms with E-state index in [-0.39, 0.29) is 11.7 Å². The van der Waals surface area contributed by atoms with Gasteiger partial charge >= 0.3 is 0 Å². The molecular formula is C32H32FN9O. The molecule has 4 N–H and O–H groups in total. The van der Waals surface area contributed by atoms with Gasteiger partial charge in [-0.3, -0.25) is 19.9 Å². The van der Waals surface area contributed by atoms with Gasteiger partial charge in [-0.2, -0.15) is 5.10 Å². The molecule has 0 fully saturated rings. The maximum Gasteiger partial charge on any atom is 0.224 e. The van der Waals surface area contributed by atoms with Crippen molar-refractivity contribution in [3.8, 4) is 33.8 Å². The molecule has 10 nitrogen and oxygen atoms in total. The summed E-state index contributed by atoms with van der Waals surface area (Å²) in [4.78, 5) is 31.0. The van der Waals surface area contributed by atoms with Gasteiger partial charge in [0.1, 0.15) is 17.2 Å². The van der Waals surface area contributed by atoms with Crippen molar-refractivity contribution >= 4 is 39.2 Å². The van der Waals surface area contributed by atoms with E-state index >= 15 is 0 Å². The zero-order valence-corrected chi connectivity index (χ0v) is 24.2. The van der Waals surface area contributed by atoms with Gasteiger partial charge in [0.2, 0.25) is 5.91 Å². The standard InChI is InChI=1S/C32H32FN9O/c1-4-5-30(43)38-23-12-20(16-34-17-23)27-15-26-29(18-37-27)40-41-31(26)28-14-25-24(6-7-36-32(25)39-28)19-10-21(33)13-22(11-19)35-8-9-42(2)3/h6-7,10-18,35H,4-5,8-9H2,1-3H3,(H,36,39)(H,38,43)(H,40,41). The molecule has 6 rings (SSSR count). The number of hydrogen-bond donors (Lipinski definition) is 4. The minimum Gasteiger partial charge on any atom is -0.384 e. The second-order valence-corrected chi connectivity index (χ2v) is 10.7. The Bertz CT molecular complexity index is 1930.